The van der Waals surface area contributed by atoms with Gasteiger partial charge in [0.2, 0.25) is 0 Å². The van der Waals surface area contributed by atoms with Gasteiger partial charge < -0.3 is 5.32 Å². The summed E-state index contributed by atoms with van der Waals surface area (Å²) in [4.78, 5) is 0. The summed E-state index contributed by atoms with van der Waals surface area (Å²) in [6.07, 6.45) is 0. The maximum absolute atomic E-state index is 12.8. The molecule has 0 fully saturated rings. The van der Waals surface area contributed by atoms with E-state index >= 15 is 0 Å². The van der Waals surface area contributed by atoms with Crippen molar-refractivity contribution in [2.24, 2.45) is 0 Å². The maximum atomic E-state index is 12.8. The highest BCUT2D eigenvalue weighted by atomic mass is 35.5. The lowest BCUT2D eigenvalue weighted by Crippen LogP contribution is -2.00. The molecule has 0 amide bonds. The van der Waals surface area contributed by atoms with Crippen molar-refractivity contribution in [3.05, 3.63) is 63.9 Å². The van der Waals surface area contributed by atoms with Crippen LogP contribution in [0.15, 0.2) is 42.5 Å². The van der Waals surface area contributed by atoms with E-state index in [-0.39, 0.29) is 5.82 Å². The predicted molar refractivity (Wildman–Crippen MR) is 70.2 cm³/mol. The molecule has 4 heteroatoms. The lowest BCUT2D eigenvalue weighted by Gasteiger charge is -2.09. The molecule has 0 aliphatic heterocycles. The standard InChI is InChI=1S/C13H10Cl2FN/c14-11-3-1-2-4-13(11)17-8-9-5-6-10(16)7-12(9)15/h1-7,17H,8H2. The third kappa shape index (κ3) is 3.11. The highest BCUT2D eigenvalue weighted by Gasteiger charge is 2.03. The Labute approximate surface area is 109 Å². The van der Waals surface area contributed by atoms with Gasteiger partial charge in [-0.3, -0.25) is 0 Å². The summed E-state index contributed by atoms with van der Waals surface area (Å²) in [5.74, 6) is -0.337. The van der Waals surface area contributed by atoms with E-state index in [0.29, 0.717) is 16.6 Å². The van der Waals surface area contributed by atoms with Crippen LogP contribution in [0.3, 0.4) is 0 Å². The molecule has 0 unspecified atom stereocenters. The number of anilines is 1. The zero-order chi connectivity index (χ0) is 12.3. The molecule has 0 atom stereocenters. The van der Waals surface area contributed by atoms with Crippen molar-refractivity contribution < 1.29 is 4.39 Å². The molecule has 0 aromatic heterocycles. The third-order valence-corrected chi connectivity index (χ3v) is 3.04. The molecule has 2 rings (SSSR count). The Balaban J connectivity index is 2.10. The van der Waals surface area contributed by atoms with Crippen LogP contribution in [0.5, 0.6) is 0 Å². The van der Waals surface area contributed by atoms with Crippen molar-refractivity contribution in [2.45, 2.75) is 6.54 Å². The average Bonchev–Trinajstić information content (AvgIpc) is 2.30. The van der Waals surface area contributed by atoms with Gasteiger partial charge in [0.25, 0.3) is 0 Å². The molecule has 17 heavy (non-hydrogen) atoms. The third-order valence-electron chi connectivity index (χ3n) is 2.36. The fraction of sp³-hybridized carbons (Fsp3) is 0.0769. The molecule has 0 radical (unpaired) electrons. The van der Waals surface area contributed by atoms with E-state index in [1.807, 2.05) is 18.2 Å². The Morgan fingerprint density at radius 2 is 1.76 bits per heavy atom. The zero-order valence-electron chi connectivity index (χ0n) is 8.88. The summed E-state index contributed by atoms with van der Waals surface area (Å²) < 4.78 is 12.8. The first kappa shape index (κ1) is 12.2. The first-order chi connectivity index (χ1) is 8.16. The van der Waals surface area contributed by atoms with Gasteiger partial charge in [0.1, 0.15) is 5.82 Å². The summed E-state index contributed by atoms with van der Waals surface area (Å²) in [6, 6.07) is 11.8. The quantitative estimate of drug-likeness (QED) is 0.849. The lowest BCUT2D eigenvalue weighted by molar-refractivity contribution is 0.627. The summed E-state index contributed by atoms with van der Waals surface area (Å²) in [7, 11) is 0. The summed E-state index contributed by atoms with van der Waals surface area (Å²) >= 11 is 11.9. The van der Waals surface area contributed by atoms with Crippen LogP contribution in [0, 0.1) is 5.82 Å². The molecule has 0 bridgehead atoms. The Morgan fingerprint density at radius 1 is 1.00 bits per heavy atom. The van der Waals surface area contributed by atoms with Crippen molar-refractivity contribution >= 4 is 28.9 Å². The molecule has 2 aromatic carbocycles. The Hall–Kier alpha value is -1.25. The van der Waals surface area contributed by atoms with Crippen molar-refractivity contribution in [3.63, 3.8) is 0 Å². The van der Waals surface area contributed by atoms with Crippen molar-refractivity contribution in [2.75, 3.05) is 5.32 Å². The van der Waals surface area contributed by atoms with Crippen molar-refractivity contribution in [3.8, 4) is 0 Å². The first-order valence-electron chi connectivity index (χ1n) is 5.09. The van der Waals surface area contributed by atoms with Crippen LogP contribution in [0.25, 0.3) is 0 Å². The second-order valence-electron chi connectivity index (χ2n) is 3.57. The number of hydrogen-bond acceptors (Lipinski definition) is 1. The molecule has 2 aromatic rings. The average molecular weight is 270 g/mol. The maximum Gasteiger partial charge on any atom is 0.124 e. The number of hydrogen-bond donors (Lipinski definition) is 1. The summed E-state index contributed by atoms with van der Waals surface area (Å²) in [5, 5.41) is 4.20. The number of para-hydroxylation sites is 1. The normalized spacial score (nSPS) is 10.3. The number of rotatable bonds is 3. The van der Waals surface area contributed by atoms with E-state index in [1.54, 1.807) is 12.1 Å². The van der Waals surface area contributed by atoms with Gasteiger partial charge in [-0.25, -0.2) is 4.39 Å². The van der Waals surface area contributed by atoms with E-state index in [2.05, 4.69) is 5.32 Å². The minimum Gasteiger partial charge on any atom is -0.380 e. The molecule has 0 spiro atoms. The van der Waals surface area contributed by atoms with E-state index < -0.39 is 0 Å². The van der Waals surface area contributed by atoms with Crippen LogP contribution in [0.4, 0.5) is 10.1 Å². The van der Waals surface area contributed by atoms with Gasteiger partial charge in [0.05, 0.1) is 10.7 Å². The van der Waals surface area contributed by atoms with Gasteiger partial charge >= 0.3 is 0 Å². The van der Waals surface area contributed by atoms with E-state index in [0.717, 1.165) is 11.3 Å². The molecule has 88 valence electrons. The van der Waals surface area contributed by atoms with Crippen LogP contribution >= 0.6 is 23.2 Å². The highest BCUT2D eigenvalue weighted by molar-refractivity contribution is 6.33. The topological polar surface area (TPSA) is 12.0 Å². The number of halogens is 3. The number of benzene rings is 2. The molecular formula is C13H10Cl2FN. The molecular weight excluding hydrogens is 260 g/mol. The van der Waals surface area contributed by atoms with E-state index in [4.69, 9.17) is 23.2 Å². The van der Waals surface area contributed by atoms with Crippen LogP contribution in [-0.2, 0) is 6.54 Å². The minimum absolute atomic E-state index is 0.337. The molecule has 0 aliphatic rings. The first-order valence-corrected chi connectivity index (χ1v) is 5.85. The Kier molecular flexibility index (Phi) is 3.87. The Bertz CT molecular complexity index is 529. The van der Waals surface area contributed by atoms with Crippen LogP contribution < -0.4 is 5.32 Å². The number of nitrogens with one attached hydrogen (secondary N) is 1. The van der Waals surface area contributed by atoms with Crippen LogP contribution in [0.2, 0.25) is 10.0 Å². The molecule has 0 saturated carbocycles. The largest absolute Gasteiger partial charge is 0.380 e. The SMILES string of the molecule is Fc1ccc(CNc2ccccc2Cl)c(Cl)c1. The van der Waals surface area contributed by atoms with Gasteiger partial charge in [0.15, 0.2) is 0 Å². The van der Waals surface area contributed by atoms with Crippen LogP contribution in [-0.4, -0.2) is 0 Å². The van der Waals surface area contributed by atoms with Gasteiger partial charge in [-0.2, -0.15) is 0 Å². The second-order valence-corrected chi connectivity index (χ2v) is 4.38. The van der Waals surface area contributed by atoms with Gasteiger partial charge in [-0.15, -0.1) is 0 Å². The van der Waals surface area contributed by atoms with E-state index in [1.165, 1.54) is 12.1 Å². The summed E-state index contributed by atoms with van der Waals surface area (Å²) in [5.41, 5.74) is 1.66. The van der Waals surface area contributed by atoms with Gasteiger partial charge in [-0.1, -0.05) is 41.4 Å². The van der Waals surface area contributed by atoms with Gasteiger partial charge in [0, 0.05) is 11.6 Å². The molecule has 1 nitrogen and oxygen atoms in total. The fourth-order valence-electron chi connectivity index (χ4n) is 1.46. The fourth-order valence-corrected chi connectivity index (χ4v) is 1.90. The summed E-state index contributed by atoms with van der Waals surface area (Å²) in [6.45, 7) is 0.503. The van der Waals surface area contributed by atoms with Crippen molar-refractivity contribution in [1.29, 1.82) is 0 Å². The molecule has 0 saturated heterocycles. The molecule has 0 heterocycles. The minimum atomic E-state index is -0.337. The zero-order valence-corrected chi connectivity index (χ0v) is 10.4. The van der Waals surface area contributed by atoms with Crippen molar-refractivity contribution in [1.82, 2.24) is 0 Å². The molecule has 0 aliphatic carbocycles. The van der Waals surface area contributed by atoms with Crippen LogP contribution in [0.1, 0.15) is 5.56 Å². The second kappa shape index (κ2) is 5.39. The Morgan fingerprint density at radius 3 is 2.47 bits per heavy atom. The van der Waals surface area contributed by atoms with E-state index in [9.17, 15) is 4.39 Å². The monoisotopic (exact) mass is 269 g/mol. The highest BCUT2D eigenvalue weighted by Crippen LogP contribution is 2.23. The predicted octanol–water partition coefficient (Wildman–Crippen LogP) is 4.74. The smallest absolute Gasteiger partial charge is 0.124 e. The molecule has 1 N–H and O–H groups in total. The lowest BCUT2D eigenvalue weighted by atomic mass is 10.2. The van der Waals surface area contributed by atoms with Gasteiger partial charge in [-0.05, 0) is 29.8 Å².